The van der Waals surface area contributed by atoms with Gasteiger partial charge in [-0.1, -0.05) is 36.7 Å². The van der Waals surface area contributed by atoms with Crippen molar-refractivity contribution in [1.82, 2.24) is 9.62 Å². The van der Waals surface area contributed by atoms with Crippen LogP contribution in [0.5, 0.6) is 5.75 Å². The van der Waals surface area contributed by atoms with Gasteiger partial charge in [-0.15, -0.1) is 0 Å². The second kappa shape index (κ2) is 12.9. The van der Waals surface area contributed by atoms with Crippen molar-refractivity contribution in [1.29, 1.82) is 0 Å². The summed E-state index contributed by atoms with van der Waals surface area (Å²) in [5.74, 6) is 0.193. The quantitative estimate of drug-likeness (QED) is 0.376. The fourth-order valence-electron chi connectivity index (χ4n) is 3.69. The SMILES string of the molecule is CCCOc1cccc(-c2cc(Cl)ccc2SN2CCC(F)(C(=O)NC(C)/C=C\S(C)=O)CC2)c1. The van der Waals surface area contributed by atoms with Crippen molar-refractivity contribution in [2.45, 2.75) is 49.7 Å². The Hall–Kier alpha value is -1.87. The van der Waals surface area contributed by atoms with E-state index in [1.165, 1.54) is 11.7 Å². The number of nitrogens with one attached hydrogen (secondary N) is 1. The van der Waals surface area contributed by atoms with Gasteiger partial charge in [0.15, 0.2) is 5.67 Å². The molecule has 1 aliphatic rings. The molecule has 5 nitrogen and oxygen atoms in total. The van der Waals surface area contributed by atoms with E-state index in [4.69, 9.17) is 16.3 Å². The number of halogens is 2. The van der Waals surface area contributed by atoms with E-state index in [2.05, 4.69) is 16.5 Å². The molecule has 0 bridgehead atoms. The highest BCUT2D eigenvalue weighted by Gasteiger charge is 2.42. The monoisotopic (exact) mass is 538 g/mol. The third-order valence-corrected chi connectivity index (χ3v) is 7.58. The van der Waals surface area contributed by atoms with Crippen molar-refractivity contribution in [3.05, 3.63) is 59.0 Å². The van der Waals surface area contributed by atoms with Crippen LogP contribution in [0.2, 0.25) is 5.02 Å². The summed E-state index contributed by atoms with van der Waals surface area (Å²) in [7, 11) is -1.11. The summed E-state index contributed by atoms with van der Waals surface area (Å²) in [5, 5.41) is 4.81. The number of amides is 1. The Kier molecular flexibility index (Phi) is 10.2. The Bertz CT molecular complexity index is 1070. The first-order valence-electron chi connectivity index (χ1n) is 11.7. The summed E-state index contributed by atoms with van der Waals surface area (Å²) < 4.78 is 34.5. The van der Waals surface area contributed by atoms with Crippen molar-refractivity contribution in [2.75, 3.05) is 26.0 Å². The van der Waals surface area contributed by atoms with Crippen molar-refractivity contribution >= 4 is 40.3 Å². The summed E-state index contributed by atoms with van der Waals surface area (Å²) in [4.78, 5) is 13.6. The molecule has 1 heterocycles. The second-order valence-corrected chi connectivity index (χ2v) is 11.4. The molecule has 0 radical (unpaired) electrons. The van der Waals surface area contributed by atoms with Crippen LogP contribution in [0.1, 0.15) is 33.1 Å². The van der Waals surface area contributed by atoms with Crippen molar-refractivity contribution in [3.8, 4) is 16.9 Å². The summed E-state index contributed by atoms with van der Waals surface area (Å²) in [6.07, 6.45) is 4.29. The number of carbonyl (C=O) groups excluding carboxylic acids is 1. The number of piperidine rings is 1. The summed E-state index contributed by atoms with van der Waals surface area (Å²) >= 11 is 7.86. The van der Waals surface area contributed by atoms with Crippen LogP contribution in [0.25, 0.3) is 11.1 Å². The predicted octanol–water partition coefficient (Wildman–Crippen LogP) is 6.00. The number of benzene rings is 2. The van der Waals surface area contributed by atoms with Crippen molar-refractivity contribution in [3.63, 3.8) is 0 Å². The standard InChI is InChI=1S/C26H32ClFN2O3S2/c1-4-15-33-22-7-5-6-20(17-22)23-18-21(27)8-9-24(23)34-30-13-11-26(28,12-14-30)25(31)29-19(2)10-16-35(3)32/h5-10,16-19H,4,11-15H2,1-3H3,(H,29,31)/b16-10-. The first kappa shape index (κ1) is 27.7. The number of rotatable bonds is 10. The Balaban J connectivity index is 1.67. The molecule has 2 unspecified atom stereocenters. The molecule has 1 N–H and O–H groups in total. The third-order valence-electron chi connectivity index (χ3n) is 5.63. The largest absolute Gasteiger partial charge is 0.494 e. The summed E-state index contributed by atoms with van der Waals surface area (Å²) in [5.41, 5.74) is 0.0567. The lowest BCUT2D eigenvalue weighted by atomic mass is 9.93. The van der Waals surface area contributed by atoms with E-state index in [1.807, 2.05) is 42.5 Å². The number of hydrogen-bond donors (Lipinski definition) is 1. The Morgan fingerprint density at radius 2 is 2.06 bits per heavy atom. The Morgan fingerprint density at radius 3 is 2.74 bits per heavy atom. The first-order chi connectivity index (χ1) is 16.7. The number of nitrogens with zero attached hydrogens (tertiary/aromatic N) is 1. The number of carbonyl (C=O) groups is 1. The second-order valence-electron chi connectivity index (χ2n) is 8.59. The van der Waals surface area contributed by atoms with Crippen LogP contribution in [-0.4, -0.2) is 52.1 Å². The van der Waals surface area contributed by atoms with Crippen LogP contribution in [0.15, 0.2) is 58.8 Å². The predicted molar refractivity (Wildman–Crippen MR) is 144 cm³/mol. The molecule has 1 aliphatic heterocycles. The molecule has 9 heteroatoms. The van der Waals surface area contributed by atoms with Crippen LogP contribution < -0.4 is 10.1 Å². The van der Waals surface area contributed by atoms with Gasteiger partial charge in [0.1, 0.15) is 5.75 Å². The molecule has 1 amide bonds. The fraction of sp³-hybridized carbons (Fsp3) is 0.423. The normalized spacial score (nSPS) is 17.7. The zero-order chi connectivity index (χ0) is 25.4. The van der Waals surface area contributed by atoms with E-state index in [-0.39, 0.29) is 18.9 Å². The number of alkyl halides is 1. The van der Waals surface area contributed by atoms with Gasteiger partial charge >= 0.3 is 0 Å². The summed E-state index contributed by atoms with van der Waals surface area (Å²) in [6, 6.07) is 13.3. The molecule has 0 spiro atoms. The Labute approximate surface area is 219 Å². The third kappa shape index (κ3) is 8.07. The molecule has 1 fully saturated rings. The Morgan fingerprint density at radius 1 is 1.31 bits per heavy atom. The maximum absolute atomic E-state index is 15.4. The lowest BCUT2D eigenvalue weighted by Crippen LogP contribution is -2.51. The maximum atomic E-state index is 15.4. The molecule has 35 heavy (non-hydrogen) atoms. The van der Waals surface area contributed by atoms with Crippen LogP contribution in [0, 0.1) is 0 Å². The number of hydrogen-bond acceptors (Lipinski definition) is 5. The van der Waals surface area contributed by atoms with E-state index in [0.29, 0.717) is 24.7 Å². The zero-order valence-corrected chi connectivity index (χ0v) is 22.6. The van der Waals surface area contributed by atoms with Crippen LogP contribution in [0.3, 0.4) is 0 Å². The molecule has 0 saturated carbocycles. The topological polar surface area (TPSA) is 58.6 Å². The minimum atomic E-state index is -1.92. The van der Waals surface area contributed by atoms with Gasteiger partial charge in [-0.05, 0) is 66.8 Å². The lowest BCUT2D eigenvalue weighted by Gasteiger charge is -2.35. The van der Waals surface area contributed by atoms with Gasteiger partial charge in [0.05, 0.1) is 6.61 Å². The van der Waals surface area contributed by atoms with Gasteiger partial charge in [-0.3, -0.25) is 9.00 Å². The van der Waals surface area contributed by atoms with E-state index in [0.717, 1.165) is 28.2 Å². The molecule has 2 aromatic rings. The highest BCUT2D eigenvalue weighted by Crippen LogP contribution is 2.39. The number of ether oxygens (including phenoxy) is 1. The maximum Gasteiger partial charge on any atom is 0.258 e. The molecule has 0 aromatic heterocycles. The molecule has 0 aliphatic carbocycles. The average molecular weight is 539 g/mol. The highest BCUT2D eigenvalue weighted by molar-refractivity contribution is 7.97. The fourth-order valence-corrected chi connectivity index (χ4v) is 5.37. The van der Waals surface area contributed by atoms with Gasteiger partial charge in [0.2, 0.25) is 0 Å². The molecule has 190 valence electrons. The van der Waals surface area contributed by atoms with E-state index in [9.17, 15) is 9.00 Å². The van der Waals surface area contributed by atoms with Crippen molar-refractivity contribution < 1.29 is 18.1 Å². The molecule has 2 atom stereocenters. The first-order valence-corrected chi connectivity index (χ1v) is 14.4. The molecule has 3 rings (SSSR count). The molecule has 1 saturated heterocycles. The lowest BCUT2D eigenvalue weighted by molar-refractivity contribution is -0.135. The van der Waals surface area contributed by atoms with Crippen LogP contribution >= 0.6 is 23.5 Å². The van der Waals surface area contributed by atoms with Gasteiger partial charge in [0.25, 0.3) is 5.91 Å². The minimum Gasteiger partial charge on any atom is -0.494 e. The van der Waals surface area contributed by atoms with Crippen LogP contribution in [0.4, 0.5) is 4.39 Å². The van der Waals surface area contributed by atoms with E-state index < -0.39 is 22.4 Å². The van der Waals surface area contributed by atoms with Gasteiger partial charge < -0.3 is 10.1 Å². The van der Waals surface area contributed by atoms with E-state index >= 15 is 4.39 Å². The zero-order valence-electron chi connectivity index (χ0n) is 20.3. The average Bonchev–Trinajstić information content (AvgIpc) is 2.84. The molecular weight excluding hydrogens is 507 g/mol. The van der Waals surface area contributed by atoms with E-state index in [1.54, 1.807) is 24.9 Å². The van der Waals surface area contributed by atoms with Crippen molar-refractivity contribution in [2.24, 2.45) is 0 Å². The molecular formula is C26H32ClFN2O3S2. The highest BCUT2D eigenvalue weighted by atomic mass is 35.5. The van der Waals surface area contributed by atoms with Gasteiger partial charge in [-0.2, -0.15) is 0 Å². The smallest absolute Gasteiger partial charge is 0.258 e. The molecule has 2 aromatic carbocycles. The minimum absolute atomic E-state index is 0.102. The van der Waals surface area contributed by atoms with Gasteiger partial charge in [0, 0.05) is 64.4 Å². The summed E-state index contributed by atoms with van der Waals surface area (Å²) in [6.45, 7) is 5.32. The van der Waals surface area contributed by atoms with Gasteiger partial charge in [-0.25, -0.2) is 8.70 Å². The van der Waals surface area contributed by atoms with Crippen LogP contribution in [-0.2, 0) is 15.6 Å².